The van der Waals surface area contributed by atoms with Crippen LogP contribution in [0.5, 0.6) is 5.75 Å². The normalized spacial score (nSPS) is 10.5. The largest absolute Gasteiger partial charge is 0.486 e. The van der Waals surface area contributed by atoms with E-state index in [1.54, 1.807) is 24.3 Å². The van der Waals surface area contributed by atoms with E-state index >= 15 is 0 Å². The number of esters is 1. The summed E-state index contributed by atoms with van der Waals surface area (Å²) in [7, 11) is 3.18. The Hall–Kier alpha value is -3.35. The van der Waals surface area contributed by atoms with Crippen molar-refractivity contribution in [2.45, 2.75) is 13.0 Å². The zero-order valence-electron chi connectivity index (χ0n) is 14.6. The molecule has 0 aliphatic rings. The lowest BCUT2D eigenvalue weighted by Crippen LogP contribution is -2.17. The monoisotopic (exact) mass is 353 g/mol. The summed E-state index contributed by atoms with van der Waals surface area (Å²) in [5.74, 6) is 0.361. The minimum atomic E-state index is -0.586. The number of hydrogen-bond acceptors (Lipinski definition) is 5. The van der Waals surface area contributed by atoms with Crippen LogP contribution in [0, 0.1) is 0 Å². The molecule has 134 valence electrons. The fourth-order valence-corrected chi connectivity index (χ4v) is 2.54. The van der Waals surface area contributed by atoms with Crippen LogP contribution < -0.4 is 10.1 Å². The number of aryl methyl sites for hydroxylation is 1. The number of aromatic nitrogens is 2. The van der Waals surface area contributed by atoms with Gasteiger partial charge in [0, 0.05) is 18.8 Å². The maximum absolute atomic E-state index is 11.8. The standard InChI is InChI=1S/C19H19N3O4/c1-22-16-9-4-3-8-15(16)21-17(22)12-26-14-7-5-6-13(10-14)20-18(23)11-19(24)25-2/h3-10H,11-12H2,1-2H3,(H,20,23). The molecule has 3 rings (SSSR count). The van der Waals surface area contributed by atoms with Gasteiger partial charge in [-0.15, -0.1) is 0 Å². The summed E-state index contributed by atoms with van der Waals surface area (Å²) in [5.41, 5.74) is 2.49. The number of anilines is 1. The minimum absolute atomic E-state index is 0.296. The van der Waals surface area contributed by atoms with Gasteiger partial charge in [0.15, 0.2) is 0 Å². The van der Waals surface area contributed by atoms with E-state index in [9.17, 15) is 9.59 Å². The maximum Gasteiger partial charge on any atom is 0.315 e. The smallest absolute Gasteiger partial charge is 0.315 e. The first-order valence-corrected chi connectivity index (χ1v) is 8.06. The second-order valence-corrected chi connectivity index (χ2v) is 5.69. The van der Waals surface area contributed by atoms with Gasteiger partial charge < -0.3 is 19.4 Å². The molecule has 0 radical (unpaired) electrons. The Morgan fingerprint density at radius 2 is 1.96 bits per heavy atom. The first-order valence-electron chi connectivity index (χ1n) is 8.06. The van der Waals surface area contributed by atoms with Crippen LogP contribution >= 0.6 is 0 Å². The van der Waals surface area contributed by atoms with Crippen LogP contribution in [0.3, 0.4) is 0 Å². The minimum Gasteiger partial charge on any atom is -0.486 e. The molecular weight excluding hydrogens is 334 g/mol. The van der Waals surface area contributed by atoms with Gasteiger partial charge in [-0.05, 0) is 24.3 Å². The summed E-state index contributed by atoms with van der Waals surface area (Å²) >= 11 is 0. The first-order chi connectivity index (χ1) is 12.6. The number of para-hydroxylation sites is 2. The molecule has 0 spiro atoms. The van der Waals surface area contributed by atoms with Crippen molar-refractivity contribution in [2.75, 3.05) is 12.4 Å². The van der Waals surface area contributed by atoms with Crippen molar-refractivity contribution in [1.82, 2.24) is 9.55 Å². The fourth-order valence-electron chi connectivity index (χ4n) is 2.54. The van der Waals surface area contributed by atoms with Gasteiger partial charge in [-0.25, -0.2) is 4.98 Å². The lowest BCUT2D eigenvalue weighted by molar-refractivity contribution is -0.142. The van der Waals surface area contributed by atoms with Crippen LogP contribution in [-0.2, 0) is 28.0 Å². The molecule has 1 heterocycles. The fraction of sp³-hybridized carbons (Fsp3) is 0.211. The van der Waals surface area contributed by atoms with Crippen LogP contribution in [-0.4, -0.2) is 28.5 Å². The quantitative estimate of drug-likeness (QED) is 0.544. The lowest BCUT2D eigenvalue weighted by Gasteiger charge is -2.09. The van der Waals surface area contributed by atoms with Gasteiger partial charge in [-0.2, -0.15) is 0 Å². The topological polar surface area (TPSA) is 82.5 Å². The van der Waals surface area contributed by atoms with Gasteiger partial charge in [0.2, 0.25) is 5.91 Å². The van der Waals surface area contributed by atoms with Gasteiger partial charge >= 0.3 is 5.97 Å². The summed E-state index contributed by atoms with van der Waals surface area (Å²) in [4.78, 5) is 27.4. The highest BCUT2D eigenvalue weighted by atomic mass is 16.5. The Morgan fingerprint density at radius 3 is 2.73 bits per heavy atom. The molecule has 1 N–H and O–H groups in total. The molecule has 1 aromatic heterocycles. The Morgan fingerprint density at radius 1 is 1.15 bits per heavy atom. The second kappa shape index (κ2) is 7.69. The third-order valence-corrected chi connectivity index (χ3v) is 3.90. The molecule has 0 atom stereocenters. The Kier molecular flexibility index (Phi) is 5.17. The van der Waals surface area contributed by atoms with Crippen molar-refractivity contribution >= 4 is 28.6 Å². The van der Waals surface area contributed by atoms with Crippen molar-refractivity contribution in [1.29, 1.82) is 0 Å². The SMILES string of the molecule is COC(=O)CC(=O)Nc1cccc(OCc2nc3ccccc3n2C)c1. The van der Waals surface area contributed by atoms with E-state index in [1.165, 1.54) is 7.11 Å². The maximum atomic E-state index is 11.8. The Bertz CT molecular complexity index is 949. The molecule has 2 aromatic carbocycles. The molecule has 0 unspecified atom stereocenters. The number of fused-ring (bicyclic) bond motifs is 1. The van der Waals surface area contributed by atoms with Gasteiger partial charge in [0.1, 0.15) is 24.6 Å². The van der Waals surface area contributed by atoms with Crippen molar-refractivity contribution < 1.29 is 19.1 Å². The number of nitrogens with one attached hydrogen (secondary N) is 1. The Labute approximate surface area is 150 Å². The zero-order chi connectivity index (χ0) is 18.5. The number of hydrogen-bond donors (Lipinski definition) is 1. The molecular formula is C19H19N3O4. The van der Waals surface area contributed by atoms with Crippen LogP contribution in [0.4, 0.5) is 5.69 Å². The second-order valence-electron chi connectivity index (χ2n) is 5.69. The van der Waals surface area contributed by atoms with Crippen molar-refractivity contribution in [2.24, 2.45) is 7.05 Å². The van der Waals surface area contributed by atoms with Crippen LogP contribution in [0.25, 0.3) is 11.0 Å². The van der Waals surface area contributed by atoms with E-state index in [1.807, 2.05) is 35.9 Å². The van der Waals surface area contributed by atoms with Crippen molar-refractivity contribution in [3.05, 3.63) is 54.4 Å². The summed E-state index contributed by atoms with van der Waals surface area (Å²) in [6.07, 6.45) is -0.332. The first kappa shape index (κ1) is 17.5. The summed E-state index contributed by atoms with van der Waals surface area (Å²) in [5, 5.41) is 2.64. The van der Waals surface area contributed by atoms with E-state index in [-0.39, 0.29) is 6.42 Å². The van der Waals surface area contributed by atoms with Crippen LogP contribution in [0.15, 0.2) is 48.5 Å². The highest BCUT2D eigenvalue weighted by Crippen LogP contribution is 2.20. The Balaban J connectivity index is 1.66. The third-order valence-electron chi connectivity index (χ3n) is 3.90. The van der Waals surface area contributed by atoms with Gasteiger partial charge in [-0.1, -0.05) is 18.2 Å². The number of imidazole rings is 1. The molecule has 7 nitrogen and oxygen atoms in total. The van der Waals surface area contributed by atoms with E-state index < -0.39 is 11.9 Å². The number of amides is 1. The van der Waals surface area contributed by atoms with Gasteiger partial charge in [0.05, 0.1) is 18.1 Å². The van der Waals surface area contributed by atoms with E-state index in [0.717, 1.165) is 16.9 Å². The molecule has 0 fully saturated rings. The van der Waals surface area contributed by atoms with E-state index in [0.29, 0.717) is 18.0 Å². The average molecular weight is 353 g/mol. The average Bonchev–Trinajstić information content (AvgIpc) is 2.96. The number of rotatable bonds is 6. The molecule has 0 saturated carbocycles. The molecule has 0 saturated heterocycles. The number of carbonyl (C=O) groups is 2. The predicted octanol–water partition coefficient (Wildman–Crippen LogP) is 2.65. The van der Waals surface area contributed by atoms with E-state index in [2.05, 4.69) is 15.0 Å². The highest BCUT2D eigenvalue weighted by Gasteiger charge is 2.11. The number of benzene rings is 2. The van der Waals surface area contributed by atoms with Crippen LogP contribution in [0.1, 0.15) is 12.2 Å². The molecule has 7 heteroatoms. The lowest BCUT2D eigenvalue weighted by atomic mass is 10.3. The number of methoxy groups -OCH3 is 1. The molecule has 0 aliphatic heterocycles. The molecule has 3 aromatic rings. The summed E-state index contributed by atoms with van der Waals surface area (Å²) < 4.78 is 12.3. The van der Waals surface area contributed by atoms with Gasteiger partial charge in [0.25, 0.3) is 0 Å². The van der Waals surface area contributed by atoms with Gasteiger partial charge in [-0.3, -0.25) is 9.59 Å². The summed E-state index contributed by atoms with van der Waals surface area (Å²) in [6.45, 7) is 0.296. The van der Waals surface area contributed by atoms with Crippen molar-refractivity contribution in [3.63, 3.8) is 0 Å². The predicted molar refractivity (Wildman–Crippen MR) is 96.8 cm³/mol. The number of carbonyl (C=O) groups excluding carboxylic acids is 2. The zero-order valence-corrected chi connectivity index (χ0v) is 14.6. The van der Waals surface area contributed by atoms with E-state index in [4.69, 9.17) is 4.74 Å². The number of nitrogens with zero attached hydrogens (tertiary/aromatic N) is 2. The van der Waals surface area contributed by atoms with Crippen molar-refractivity contribution in [3.8, 4) is 5.75 Å². The molecule has 1 amide bonds. The highest BCUT2D eigenvalue weighted by molar-refractivity contribution is 6.01. The van der Waals surface area contributed by atoms with Crippen LogP contribution in [0.2, 0.25) is 0 Å². The molecule has 0 bridgehead atoms. The summed E-state index contributed by atoms with van der Waals surface area (Å²) in [6, 6.07) is 14.8. The number of ether oxygens (including phenoxy) is 2. The molecule has 0 aliphatic carbocycles. The third kappa shape index (κ3) is 4.00. The molecule has 26 heavy (non-hydrogen) atoms.